The van der Waals surface area contributed by atoms with E-state index in [1.54, 1.807) is 20.8 Å². The molecule has 162 valence electrons. The Balaban J connectivity index is 3.54. The fourth-order valence-electron chi connectivity index (χ4n) is 2.59. The van der Waals surface area contributed by atoms with Crippen LogP contribution in [0.2, 0.25) is 0 Å². The normalized spacial score (nSPS) is 22.3. The van der Waals surface area contributed by atoms with Crippen LogP contribution in [0.1, 0.15) is 48.0 Å². The van der Waals surface area contributed by atoms with Gasteiger partial charge >= 0.3 is 13.3 Å². The zero-order valence-electron chi connectivity index (χ0n) is 17.2. The quantitative estimate of drug-likeness (QED) is 0.512. The van der Waals surface area contributed by atoms with E-state index in [-0.39, 0.29) is 31.0 Å². The van der Waals surface area contributed by atoms with Gasteiger partial charge in [0.2, 0.25) is 5.79 Å². The molecule has 1 aliphatic rings. The van der Waals surface area contributed by atoms with E-state index >= 15 is 8.78 Å². The Morgan fingerprint density at radius 3 is 2.32 bits per heavy atom. The predicted octanol–water partition coefficient (Wildman–Crippen LogP) is 4.91. The van der Waals surface area contributed by atoms with Crippen molar-refractivity contribution in [2.45, 2.75) is 65.5 Å². The van der Waals surface area contributed by atoms with Gasteiger partial charge in [0.05, 0.1) is 19.8 Å². The molecule has 10 heteroatoms. The molecule has 0 amide bonds. The molecule has 1 atom stereocenters. The lowest BCUT2D eigenvalue weighted by molar-refractivity contribution is -0.202. The number of ether oxygens (including phenoxy) is 2. The Morgan fingerprint density at radius 1 is 1.36 bits per heavy atom. The van der Waals surface area contributed by atoms with Crippen LogP contribution in [-0.2, 0) is 23.1 Å². The number of aliphatic hydroxyl groups is 1. The minimum atomic E-state index is -4.93. The van der Waals surface area contributed by atoms with Crippen molar-refractivity contribution in [1.82, 2.24) is 0 Å². The fraction of sp³-hybridized carbons (Fsp3) is 0.722. The number of hydrogen-bond donors (Lipinski definition) is 1. The van der Waals surface area contributed by atoms with Crippen molar-refractivity contribution in [2.75, 3.05) is 19.8 Å². The van der Waals surface area contributed by atoms with Gasteiger partial charge in [0.1, 0.15) is 5.76 Å². The van der Waals surface area contributed by atoms with E-state index < -0.39 is 25.2 Å². The summed E-state index contributed by atoms with van der Waals surface area (Å²) in [5.74, 6) is 0.552. The number of aliphatic hydroxyl groups excluding tert-OH is 1. The molecule has 1 unspecified atom stereocenters. The first kappa shape index (κ1) is 25.4. The largest absolute Gasteiger partial charge is 0.463 e. The standard InChI is InChI=1S/C18H30F2O6P2/c1-7-12(4)15-13(10-23-17(5,6)26-15)14(11-27)16(21)18(19,20)28(22,24-8-2)25-9-3/h11,16,21,27H,7-10H2,1-6H3/b14-13+,15-12+. The highest BCUT2D eigenvalue weighted by Gasteiger charge is 2.60. The zero-order valence-corrected chi connectivity index (χ0v) is 19.1. The summed E-state index contributed by atoms with van der Waals surface area (Å²) in [5.41, 5.74) is -3.38. The van der Waals surface area contributed by atoms with Crippen LogP contribution in [0.15, 0.2) is 22.5 Å². The highest BCUT2D eigenvalue weighted by Crippen LogP contribution is 2.64. The third kappa shape index (κ3) is 5.29. The minimum Gasteiger partial charge on any atom is -0.463 e. The third-order valence-corrected chi connectivity index (χ3v) is 6.68. The summed E-state index contributed by atoms with van der Waals surface area (Å²) < 4.78 is 63.7. The molecule has 0 aromatic heterocycles. The van der Waals surface area contributed by atoms with Crippen molar-refractivity contribution < 1.29 is 37.0 Å². The molecule has 1 aliphatic heterocycles. The molecule has 0 aliphatic carbocycles. The van der Waals surface area contributed by atoms with Crippen molar-refractivity contribution in [2.24, 2.45) is 0 Å². The van der Waals surface area contributed by atoms with Crippen molar-refractivity contribution in [1.29, 1.82) is 0 Å². The molecule has 0 bridgehead atoms. The molecule has 0 aromatic rings. The second kappa shape index (κ2) is 9.92. The number of alkyl halides is 2. The number of hydrogen-bond acceptors (Lipinski definition) is 6. The van der Waals surface area contributed by atoms with Gasteiger partial charge in [-0.15, -0.1) is 8.86 Å². The van der Waals surface area contributed by atoms with Crippen LogP contribution >= 0.6 is 16.5 Å². The average molecular weight is 442 g/mol. The lowest BCUT2D eigenvalue weighted by Crippen LogP contribution is -2.40. The summed E-state index contributed by atoms with van der Waals surface area (Å²) in [4.78, 5) is 0. The maximum Gasteiger partial charge on any atom is 0.402 e. The van der Waals surface area contributed by atoms with E-state index in [0.29, 0.717) is 12.2 Å². The molecule has 1 N–H and O–H groups in total. The average Bonchev–Trinajstić information content (AvgIpc) is 2.62. The Labute approximate surface area is 167 Å². The number of rotatable bonds is 9. The van der Waals surface area contributed by atoms with E-state index in [1.807, 2.05) is 6.92 Å². The number of halogens is 2. The lowest BCUT2D eigenvalue weighted by Gasteiger charge is -2.37. The number of allylic oxidation sites excluding steroid dienone is 1. The second-order valence-electron chi connectivity index (χ2n) is 6.66. The molecule has 0 aromatic carbocycles. The van der Waals surface area contributed by atoms with Crippen molar-refractivity contribution in [3.05, 3.63) is 22.5 Å². The van der Waals surface area contributed by atoms with Gasteiger partial charge in [-0.2, -0.15) is 8.78 Å². The van der Waals surface area contributed by atoms with Crippen LogP contribution < -0.4 is 0 Å². The van der Waals surface area contributed by atoms with E-state index in [0.717, 1.165) is 11.4 Å². The molecule has 6 nitrogen and oxygen atoms in total. The van der Waals surface area contributed by atoms with Crippen LogP contribution in [0.25, 0.3) is 0 Å². The van der Waals surface area contributed by atoms with Crippen LogP contribution in [0.3, 0.4) is 0 Å². The molecular formula is C18H30F2O6P2. The van der Waals surface area contributed by atoms with Crippen molar-refractivity contribution >= 4 is 22.3 Å². The van der Waals surface area contributed by atoms with Gasteiger partial charge in [-0.3, -0.25) is 4.57 Å². The summed E-state index contributed by atoms with van der Waals surface area (Å²) >= 11 is 0. The monoisotopic (exact) mass is 442 g/mol. The maximum absolute atomic E-state index is 15.1. The summed E-state index contributed by atoms with van der Waals surface area (Å²) in [6.45, 7) is 9.34. The molecule has 0 radical (unpaired) electrons. The van der Waals surface area contributed by atoms with E-state index in [2.05, 4.69) is 8.86 Å². The SMILES string of the molecule is CCOP(=O)(OCC)C(F)(F)C(O)/C(C=P)=C1\COC(C)(C)O\C1=C(/C)CC. The highest BCUT2D eigenvalue weighted by atomic mass is 31.2. The Morgan fingerprint density at radius 2 is 1.89 bits per heavy atom. The first-order chi connectivity index (χ1) is 12.9. The summed E-state index contributed by atoms with van der Waals surface area (Å²) in [6, 6.07) is 0. The van der Waals surface area contributed by atoms with E-state index in [4.69, 9.17) is 18.5 Å². The fourth-order valence-corrected chi connectivity index (χ4v) is 4.45. The molecular weight excluding hydrogens is 412 g/mol. The van der Waals surface area contributed by atoms with Gasteiger partial charge in [0.15, 0.2) is 6.10 Å². The zero-order chi connectivity index (χ0) is 21.8. The van der Waals surface area contributed by atoms with Crippen molar-refractivity contribution in [3.63, 3.8) is 0 Å². The summed E-state index contributed by atoms with van der Waals surface area (Å²) in [7, 11) is -1.84. The van der Waals surface area contributed by atoms with Gasteiger partial charge in [0, 0.05) is 25.0 Å². The van der Waals surface area contributed by atoms with Crippen molar-refractivity contribution in [3.8, 4) is 0 Å². The third-order valence-electron chi connectivity index (χ3n) is 4.19. The first-order valence-electron chi connectivity index (χ1n) is 9.12. The summed E-state index contributed by atoms with van der Waals surface area (Å²) in [6.07, 6.45) is -1.87. The van der Waals surface area contributed by atoms with Crippen LogP contribution in [0.5, 0.6) is 0 Å². The lowest BCUT2D eigenvalue weighted by atomic mass is 9.98. The molecule has 1 fully saturated rings. The minimum absolute atomic E-state index is 0.0727. The molecule has 28 heavy (non-hydrogen) atoms. The first-order valence-corrected chi connectivity index (χ1v) is 11.2. The predicted molar refractivity (Wildman–Crippen MR) is 107 cm³/mol. The Kier molecular flexibility index (Phi) is 9.01. The highest BCUT2D eigenvalue weighted by molar-refractivity contribution is 7.55. The van der Waals surface area contributed by atoms with Gasteiger partial charge < -0.3 is 23.6 Å². The summed E-state index contributed by atoms with van der Waals surface area (Å²) in [5, 5.41) is 10.5. The van der Waals surface area contributed by atoms with Gasteiger partial charge in [-0.25, -0.2) is 0 Å². The van der Waals surface area contributed by atoms with Crippen LogP contribution in [0.4, 0.5) is 8.78 Å². The van der Waals surface area contributed by atoms with Crippen LogP contribution in [-0.4, -0.2) is 48.3 Å². The Hall–Kier alpha value is -0.620. The van der Waals surface area contributed by atoms with E-state index in [9.17, 15) is 9.67 Å². The Bertz CT molecular complexity index is 678. The molecule has 1 saturated heterocycles. The molecule has 0 spiro atoms. The topological polar surface area (TPSA) is 74.2 Å². The van der Waals surface area contributed by atoms with Gasteiger partial charge in [-0.1, -0.05) is 6.92 Å². The van der Waals surface area contributed by atoms with Crippen LogP contribution in [0, 0.1) is 0 Å². The van der Waals surface area contributed by atoms with Gasteiger partial charge in [-0.05, 0) is 38.6 Å². The maximum atomic E-state index is 15.1. The molecule has 1 rings (SSSR count). The van der Waals surface area contributed by atoms with E-state index in [1.165, 1.54) is 13.8 Å². The molecule has 1 heterocycles. The molecule has 0 saturated carbocycles. The second-order valence-corrected chi connectivity index (χ2v) is 9.05. The van der Waals surface area contributed by atoms with Gasteiger partial charge in [0.25, 0.3) is 0 Å². The smallest absolute Gasteiger partial charge is 0.402 e.